The second-order valence-electron chi connectivity index (χ2n) is 7.91. The molecule has 0 saturated carbocycles. The van der Waals surface area contributed by atoms with Gasteiger partial charge in [0.15, 0.2) is 11.6 Å². The number of likely N-dealkylation sites (tertiary alicyclic amines) is 1. The van der Waals surface area contributed by atoms with Gasteiger partial charge in [0.05, 0.1) is 24.9 Å². The lowest BCUT2D eigenvalue weighted by Crippen LogP contribution is -2.51. The van der Waals surface area contributed by atoms with Gasteiger partial charge >= 0.3 is 6.03 Å². The maximum atomic E-state index is 15.3. The third-order valence-corrected chi connectivity index (χ3v) is 6.00. The van der Waals surface area contributed by atoms with Crippen molar-refractivity contribution in [1.82, 2.24) is 14.5 Å². The van der Waals surface area contributed by atoms with Crippen molar-refractivity contribution in [3.8, 4) is 11.1 Å². The van der Waals surface area contributed by atoms with Crippen LogP contribution in [0.5, 0.6) is 0 Å². The molecule has 1 N–H and O–H groups in total. The van der Waals surface area contributed by atoms with Gasteiger partial charge in [-0.1, -0.05) is 30.3 Å². The summed E-state index contributed by atoms with van der Waals surface area (Å²) in [5.74, 6) is -3.22. The molecule has 0 aliphatic carbocycles. The molecule has 1 aliphatic heterocycles. The first kappa shape index (κ1) is 24.0. The molecule has 1 fully saturated rings. The van der Waals surface area contributed by atoms with Crippen molar-refractivity contribution in [2.45, 2.75) is 24.7 Å². The minimum atomic E-state index is -3.83. The van der Waals surface area contributed by atoms with Gasteiger partial charge in [-0.25, -0.2) is 35.5 Å². The van der Waals surface area contributed by atoms with Gasteiger partial charge in [-0.2, -0.15) is 0 Å². The number of amides is 2. The number of alkyl halides is 1. The molecule has 0 radical (unpaired) electrons. The lowest BCUT2D eigenvalue weighted by atomic mass is 9.95. The third-order valence-electron chi connectivity index (χ3n) is 5.30. The SMILES string of the molecule is CN(C)C(=O)N1C[C@H](F)[C@H](NS(C)(=O)=O)[C@@H]1Cc1cccc(-c2cccc(F)c2F)c1F. The Morgan fingerprint density at radius 3 is 2.28 bits per heavy atom. The maximum absolute atomic E-state index is 15.3. The summed E-state index contributed by atoms with van der Waals surface area (Å²) < 4.78 is 83.7. The number of carbonyl (C=O) groups excluding carboxylic acids is 1. The zero-order chi connectivity index (χ0) is 23.8. The number of halogens is 4. The highest BCUT2D eigenvalue weighted by molar-refractivity contribution is 7.88. The Kier molecular flexibility index (Phi) is 6.80. The van der Waals surface area contributed by atoms with Gasteiger partial charge in [-0.05, 0) is 18.1 Å². The van der Waals surface area contributed by atoms with E-state index in [1.165, 1.54) is 49.3 Å². The first-order valence-electron chi connectivity index (χ1n) is 9.71. The van der Waals surface area contributed by atoms with E-state index in [1.54, 1.807) is 0 Å². The standard InChI is InChI=1S/C21H23F4N3O3S/c1-27(2)21(29)28-11-16(23)20(26-32(3,30)31)17(28)10-12-6-4-7-13(18(12)24)14-8-5-9-15(22)19(14)25/h4-9,16-17,20,26H,10-11H2,1-3H3/t16-,17-,20-/m0/s1. The summed E-state index contributed by atoms with van der Waals surface area (Å²) in [5.41, 5.74) is -0.485. The maximum Gasteiger partial charge on any atom is 0.319 e. The topological polar surface area (TPSA) is 69.7 Å². The summed E-state index contributed by atoms with van der Waals surface area (Å²) in [7, 11) is -0.921. The Morgan fingerprint density at radius 2 is 1.69 bits per heavy atom. The Bertz CT molecular complexity index is 1130. The van der Waals surface area contributed by atoms with Crippen molar-refractivity contribution in [1.29, 1.82) is 0 Å². The Labute approximate surface area is 183 Å². The minimum Gasteiger partial charge on any atom is -0.331 e. The average molecular weight is 473 g/mol. The number of nitrogens with zero attached hydrogens (tertiary/aromatic N) is 2. The van der Waals surface area contributed by atoms with Gasteiger partial charge in [0.1, 0.15) is 12.0 Å². The van der Waals surface area contributed by atoms with Crippen molar-refractivity contribution in [3.05, 3.63) is 59.4 Å². The van der Waals surface area contributed by atoms with Crippen LogP contribution in [-0.4, -0.2) is 69.4 Å². The molecule has 11 heteroatoms. The van der Waals surface area contributed by atoms with Gasteiger partial charge in [0.25, 0.3) is 0 Å². The van der Waals surface area contributed by atoms with Crippen molar-refractivity contribution in [3.63, 3.8) is 0 Å². The predicted molar refractivity (Wildman–Crippen MR) is 112 cm³/mol. The van der Waals surface area contributed by atoms with E-state index in [-0.39, 0.29) is 29.7 Å². The molecule has 0 bridgehead atoms. The van der Waals surface area contributed by atoms with Crippen LogP contribution >= 0.6 is 0 Å². The van der Waals surface area contributed by atoms with E-state index in [0.717, 1.165) is 17.2 Å². The van der Waals surface area contributed by atoms with Gasteiger partial charge in [0, 0.05) is 25.2 Å². The van der Waals surface area contributed by atoms with E-state index in [4.69, 9.17) is 0 Å². The van der Waals surface area contributed by atoms with E-state index < -0.39 is 51.8 Å². The first-order valence-corrected chi connectivity index (χ1v) is 11.6. The smallest absolute Gasteiger partial charge is 0.319 e. The van der Waals surface area contributed by atoms with E-state index in [2.05, 4.69) is 4.72 Å². The third kappa shape index (κ3) is 4.88. The van der Waals surface area contributed by atoms with Crippen LogP contribution < -0.4 is 4.72 Å². The van der Waals surface area contributed by atoms with Crippen LogP contribution in [0, 0.1) is 17.5 Å². The van der Waals surface area contributed by atoms with E-state index in [0.29, 0.717) is 0 Å². The molecule has 32 heavy (non-hydrogen) atoms. The molecule has 1 aliphatic rings. The quantitative estimate of drug-likeness (QED) is 0.679. The molecule has 1 saturated heterocycles. The molecule has 174 valence electrons. The molecular formula is C21H23F4N3O3S. The fourth-order valence-corrected chi connectivity index (χ4v) is 4.67. The van der Waals surface area contributed by atoms with Crippen molar-refractivity contribution in [2.24, 2.45) is 0 Å². The average Bonchev–Trinajstić information content (AvgIpc) is 2.99. The fraction of sp³-hybridized carbons (Fsp3) is 0.381. The van der Waals surface area contributed by atoms with E-state index in [1.807, 2.05) is 0 Å². The molecule has 2 aromatic rings. The van der Waals surface area contributed by atoms with Crippen molar-refractivity contribution >= 4 is 16.1 Å². The van der Waals surface area contributed by atoms with Crippen LogP contribution in [0.1, 0.15) is 5.56 Å². The van der Waals surface area contributed by atoms with Gasteiger partial charge < -0.3 is 9.80 Å². The highest BCUT2D eigenvalue weighted by atomic mass is 32.2. The monoisotopic (exact) mass is 473 g/mol. The van der Waals surface area contributed by atoms with Gasteiger partial charge in [-0.15, -0.1) is 0 Å². The molecule has 3 atom stereocenters. The molecule has 0 spiro atoms. The zero-order valence-corrected chi connectivity index (χ0v) is 18.5. The summed E-state index contributed by atoms with van der Waals surface area (Å²) in [6.45, 7) is -0.380. The number of sulfonamides is 1. The molecule has 0 aromatic heterocycles. The number of hydrogen-bond acceptors (Lipinski definition) is 3. The van der Waals surface area contributed by atoms with Crippen LogP contribution in [0.3, 0.4) is 0 Å². The molecule has 2 aromatic carbocycles. The Morgan fingerprint density at radius 1 is 1.09 bits per heavy atom. The van der Waals surface area contributed by atoms with Gasteiger partial charge in [-0.3, -0.25) is 0 Å². The van der Waals surface area contributed by atoms with Crippen molar-refractivity contribution in [2.75, 3.05) is 26.9 Å². The van der Waals surface area contributed by atoms with E-state index >= 15 is 4.39 Å². The summed E-state index contributed by atoms with van der Waals surface area (Å²) in [5, 5.41) is 0. The lowest BCUT2D eigenvalue weighted by molar-refractivity contribution is 0.161. The van der Waals surface area contributed by atoms with E-state index in [9.17, 15) is 26.4 Å². The van der Waals surface area contributed by atoms with Crippen LogP contribution in [0.4, 0.5) is 22.4 Å². The lowest BCUT2D eigenvalue weighted by Gasteiger charge is -2.30. The summed E-state index contributed by atoms with van der Waals surface area (Å²) in [6.07, 6.45) is -1.10. The highest BCUT2D eigenvalue weighted by Gasteiger charge is 2.46. The van der Waals surface area contributed by atoms with Crippen LogP contribution in [0.25, 0.3) is 11.1 Å². The summed E-state index contributed by atoms with van der Waals surface area (Å²) in [4.78, 5) is 14.9. The number of benzene rings is 2. The number of nitrogens with one attached hydrogen (secondary N) is 1. The Hall–Kier alpha value is -2.66. The normalized spacial score (nSPS) is 21.1. The van der Waals surface area contributed by atoms with Gasteiger partial charge in [0.2, 0.25) is 10.0 Å². The number of hydrogen-bond donors (Lipinski definition) is 1. The second-order valence-corrected chi connectivity index (χ2v) is 9.69. The fourth-order valence-electron chi connectivity index (χ4n) is 3.87. The summed E-state index contributed by atoms with van der Waals surface area (Å²) >= 11 is 0. The molecule has 0 unspecified atom stereocenters. The summed E-state index contributed by atoms with van der Waals surface area (Å²) in [6, 6.07) is 4.54. The number of rotatable bonds is 5. The van der Waals surface area contributed by atoms with Crippen molar-refractivity contribution < 1.29 is 30.8 Å². The second kappa shape index (κ2) is 9.07. The molecular weight excluding hydrogens is 450 g/mol. The minimum absolute atomic E-state index is 0.00196. The first-order chi connectivity index (χ1) is 14.9. The van der Waals surface area contributed by atoms with Crippen LogP contribution in [0.2, 0.25) is 0 Å². The largest absolute Gasteiger partial charge is 0.331 e. The molecule has 3 rings (SSSR count). The molecule has 1 heterocycles. The predicted octanol–water partition coefficient (Wildman–Crippen LogP) is 2.94. The number of urea groups is 1. The van der Waals surface area contributed by atoms with Crippen LogP contribution in [0.15, 0.2) is 36.4 Å². The Balaban J connectivity index is 2.03. The van der Waals surface area contributed by atoms with Crippen LogP contribution in [-0.2, 0) is 16.4 Å². The molecule has 6 nitrogen and oxygen atoms in total. The number of carbonyl (C=O) groups is 1. The zero-order valence-electron chi connectivity index (χ0n) is 17.6. The molecule has 2 amide bonds. The highest BCUT2D eigenvalue weighted by Crippen LogP contribution is 2.32.